The molecule has 1 fully saturated rings. The molecule has 33 heavy (non-hydrogen) atoms. The Morgan fingerprint density at radius 3 is 2.27 bits per heavy atom. The van der Waals surface area contributed by atoms with Crippen molar-refractivity contribution in [2.75, 3.05) is 6.54 Å². The molecule has 0 radical (unpaired) electrons. The molecule has 1 saturated heterocycles. The minimum atomic E-state index is -1.07. The molecule has 0 aliphatic carbocycles. The highest BCUT2D eigenvalue weighted by Crippen LogP contribution is 2.42. The lowest BCUT2D eigenvalue weighted by Gasteiger charge is -2.25. The van der Waals surface area contributed by atoms with Crippen molar-refractivity contribution in [1.82, 2.24) is 4.90 Å². The van der Waals surface area contributed by atoms with Crippen LogP contribution >= 0.6 is 0 Å². The standard InChI is InChI=1S/C26H22N2O5/c1-17-11-13-19(14-12-17)24(29)22-23(20-9-5-6-10-21(20)28(32)33)27(26(31)25(22)30)16-15-18-7-3-2-4-8-18/h2-14,23,29H,15-16H2,1H3/b24-22+. The minimum Gasteiger partial charge on any atom is -0.507 e. The van der Waals surface area contributed by atoms with E-state index in [1.54, 1.807) is 30.3 Å². The van der Waals surface area contributed by atoms with E-state index in [1.807, 2.05) is 37.3 Å². The first-order valence-corrected chi connectivity index (χ1v) is 10.5. The number of aliphatic hydroxyl groups is 1. The number of hydrogen-bond donors (Lipinski definition) is 1. The van der Waals surface area contributed by atoms with Gasteiger partial charge in [0.25, 0.3) is 17.4 Å². The molecule has 3 aromatic carbocycles. The first kappa shape index (κ1) is 22.0. The predicted octanol–water partition coefficient (Wildman–Crippen LogP) is 4.57. The van der Waals surface area contributed by atoms with Crippen LogP contribution in [-0.4, -0.2) is 33.2 Å². The lowest BCUT2D eigenvalue weighted by molar-refractivity contribution is -0.385. The van der Waals surface area contributed by atoms with E-state index in [4.69, 9.17) is 0 Å². The van der Waals surface area contributed by atoms with Crippen molar-refractivity contribution in [2.45, 2.75) is 19.4 Å². The third-order valence-electron chi connectivity index (χ3n) is 5.78. The van der Waals surface area contributed by atoms with E-state index >= 15 is 0 Å². The zero-order valence-corrected chi connectivity index (χ0v) is 18.0. The van der Waals surface area contributed by atoms with E-state index in [0.29, 0.717) is 12.0 Å². The molecular formula is C26H22N2O5. The van der Waals surface area contributed by atoms with Gasteiger partial charge in [0.05, 0.1) is 22.1 Å². The second-order valence-corrected chi connectivity index (χ2v) is 7.91. The molecule has 0 spiro atoms. The van der Waals surface area contributed by atoms with Gasteiger partial charge >= 0.3 is 0 Å². The van der Waals surface area contributed by atoms with Crippen molar-refractivity contribution in [3.63, 3.8) is 0 Å². The van der Waals surface area contributed by atoms with Crippen LogP contribution in [0.15, 0.2) is 84.4 Å². The van der Waals surface area contributed by atoms with Gasteiger partial charge in [-0.25, -0.2) is 0 Å². The van der Waals surface area contributed by atoms with Crippen LogP contribution in [0.25, 0.3) is 5.76 Å². The summed E-state index contributed by atoms with van der Waals surface area (Å²) in [6.07, 6.45) is 0.454. The van der Waals surface area contributed by atoms with Gasteiger partial charge in [0.1, 0.15) is 5.76 Å². The summed E-state index contributed by atoms with van der Waals surface area (Å²) in [5, 5.41) is 22.8. The van der Waals surface area contributed by atoms with Gasteiger partial charge in [-0.2, -0.15) is 0 Å². The number of likely N-dealkylation sites (tertiary alicyclic amines) is 1. The number of Topliss-reactive ketones (excluding diaryl/α,β-unsaturated/α-hetero) is 1. The summed E-state index contributed by atoms with van der Waals surface area (Å²) < 4.78 is 0. The van der Waals surface area contributed by atoms with Crippen LogP contribution in [0.4, 0.5) is 5.69 Å². The fourth-order valence-electron chi connectivity index (χ4n) is 4.08. The molecule has 166 valence electrons. The van der Waals surface area contributed by atoms with Gasteiger partial charge in [0.15, 0.2) is 0 Å². The number of para-hydroxylation sites is 1. The summed E-state index contributed by atoms with van der Waals surface area (Å²) in [5.41, 5.74) is 2.10. The van der Waals surface area contributed by atoms with Crippen molar-refractivity contribution < 1.29 is 19.6 Å². The second-order valence-electron chi connectivity index (χ2n) is 7.91. The summed E-state index contributed by atoms with van der Waals surface area (Å²) in [7, 11) is 0. The highest BCUT2D eigenvalue weighted by molar-refractivity contribution is 6.46. The van der Waals surface area contributed by atoms with Crippen LogP contribution in [0.3, 0.4) is 0 Å². The Balaban J connectivity index is 1.85. The molecule has 0 aromatic heterocycles. The SMILES string of the molecule is Cc1ccc(/C(O)=C2\C(=O)C(=O)N(CCc3ccccc3)C2c2ccccc2[N+](=O)[O-])cc1. The number of hydrogen-bond acceptors (Lipinski definition) is 5. The highest BCUT2D eigenvalue weighted by atomic mass is 16.6. The molecule has 1 aliphatic rings. The first-order chi connectivity index (χ1) is 15.9. The van der Waals surface area contributed by atoms with Gasteiger partial charge < -0.3 is 10.0 Å². The zero-order valence-electron chi connectivity index (χ0n) is 18.0. The molecule has 1 heterocycles. The van der Waals surface area contributed by atoms with E-state index < -0.39 is 22.7 Å². The quantitative estimate of drug-likeness (QED) is 0.198. The van der Waals surface area contributed by atoms with Crippen molar-refractivity contribution in [1.29, 1.82) is 0 Å². The van der Waals surface area contributed by atoms with Crippen molar-refractivity contribution in [2.24, 2.45) is 0 Å². The average Bonchev–Trinajstić information content (AvgIpc) is 3.08. The lowest BCUT2D eigenvalue weighted by Crippen LogP contribution is -2.32. The topological polar surface area (TPSA) is 101 Å². The Kier molecular flexibility index (Phi) is 6.04. The van der Waals surface area contributed by atoms with Crippen LogP contribution in [0, 0.1) is 17.0 Å². The summed E-state index contributed by atoms with van der Waals surface area (Å²) >= 11 is 0. The maximum absolute atomic E-state index is 13.1. The van der Waals surface area contributed by atoms with E-state index in [9.17, 15) is 24.8 Å². The number of nitrogens with zero attached hydrogens (tertiary/aromatic N) is 2. The van der Waals surface area contributed by atoms with Crippen molar-refractivity contribution in [3.05, 3.63) is 117 Å². The number of aliphatic hydroxyl groups excluding tert-OH is 1. The average molecular weight is 442 g/mol. The van der Waals surface area contributed by atoms with Crippen LogP contribution in [0.2, 0.25) is 0 Å². The molecule has 4 rings (SSSR count). The molecule has 3 aromatic rings. The van der Waals surface area contributed by atoms with E-state index in [0.717, 1.165) is 11.1 Å². The van der Waals surface area contributed by atoms with Gasteiger partial charge in [-0.15, -0.1) is 0 Å². The third kappa shape index (κ3) is 4.25. The molecule has 1 atom stereocenters. The molecule has 1 N–H and O–H groups in total. The Hall–Kier alpha value is -4.26. The monoisotopic (exact) mass is 442 g/mol. The first-order valence-electron chi connectivity index (χ1n) is 10.5. The van der Waals surface area contributed by atoms with Crippen molar-refractivity contribution in [3.8, 4) is 0 Å². The number of amides is 1. The normalized spacial score (nSPS) is 17.4. The minimum absolute atomic E-state index is 0.147. The molecule has 1 unspecified atom stereocenters. The summed E-state index contributed by atoms with van der Waals surface area (Å²) in [6.45, 7) is 2.05. The maximum atomic E-state index is 13.1. The van der Waals surface area contributed by atoms with Crippen LogP contribution in [0.5, 0.6) is 0 Å². The van der Waals surface area contributed by atoms with Gasteiger partial charge in [0.2, 0.25) is 0 Å². The number of nitro groups is 1. The Morgan fingerprint density at radius 1 is 0.970 bits per heavy atom. The van der Waals surface area contributed by atoms with Crippen molar-refractivity contribution >= 4 is 23.1 Å². The smallest absolute Gasteiger partial charge is 0.295 e. The largest absolute Gasteiger partial charge is 0.507 e. The van der Waals surface area contributed by atoms with E-state index in [2.05, 4.69) is 0 Å². The Bertz CT molecular complexity index is 1250. The second kappa shape index (κ2) is 9.08. The van der Waals surface area contributed by atoms with Gasteiger partial charge in [0, 0.05) is 18.2 Å². The number of aryl methyl sites for hydroxylation is 1. The summed E-state index contributed by atoms with van der Waals surface area (Å²) in [5.74, 6) is -1.99. The van der Waals surface area contributed by atoms with Gasteiger partial charge in [-0.3, -0.25) is 19.7 Å². The van der Waals surface area contributed by atoms with E-state index in [-0.39, 0.29) is 29.1 Å². The lowest BCUT2D eigenvalue weighted by atomic mass is 9.94. The van der Waals surface area contributed by atoms with Gasteiger partial charge in [-0.1, -0.05) is 72.3 Å². The molecular weight excluding hydrogens is 420 g/mol. The zero-order chi connectivity index (χ0) is 23.5. The van der Waals surface area contributed by atoms with Crippen LogP contribution in [0.1, 0.15) is 28.3 Å². The molecule has 0 bridgehead atoms. The fourth-order valence-corrected chi connectivity index (χ4v) is 4.08. The number of benzene rings is 3. The predicted molar refractivity (Wildman–Crippen MR) is 123 cm³/mol. The van der Waals surface area contributed by atoms with Crippen LogP contribution < -0.4 is 0 Å². The van der Waals surface area contributed by atoms with E-state index in [1.165, 1.54) is 23.1 Å². The molecule has 0 saturated carbocycles. The fraction of sp³-hybridized carbons (Fsp3) is 0.154. The maximum Gasteiger partial charge on any atom is 0.295 e. The molecule has 7 nitrogen and oxygen atoms in total. The number of carbonyl (C=O) groups excluding carboxylic acids is 2. The number of rotatable bonds is 6. The molecule has 1 amide bonds. The number of ketones is 1. The highest BCUT2D eigenvalue weighted by Gasteiger charge is 2.47. The van der Waals surface area contributed by atoms with Gasteiger partial charge in [-0.05, 0) is 25.0 Å². The summed E-state index contributed by atoms with van der Waals surface area (Å²) in [4.78, 5) is 38.7. The number of carbonyl (C=O) groups is 2. The number of nitro benzene ring substituents is 1. The molecule has 7 heteroatoms. The Labute approximate surface area is 190 Å². The molecule has 1 aliphatic heterocycles. The van der Waals surface area contributed by atoms with Crippen LogP contribution in [-0.2, 0) is 16.0 Å². The summed E-state index contributed by atoms with van der Waals surface area (Å²) in [6, 6.07) is 21.2. The third-order valence-corrected chi connectivity index (χ3v) is 5.78. The Morgan fingerprint density at radius 2 is 1.61 bits per heavy atom.